The second-order valence-electron chi connectivity index (χ2n) is 5.57. The van der Waals surface area contributed by atoms with Crippen molar-refractivity contribution in [1.82, 2.24) is 5.32 Å². The first-order valence-electron chi connectivity index (χ1n) is 6.84. The molecule has 1 aromatic carbocycles. The topological polar surface area (TPSA) is 29.1 Å². The molecule has 0 aliphatic rings. The molecule has 0 bridgehead atoms. The fourth-order valence-electron chi connectivity index (χ4n) is 2.26. The second-order valence-corrected chi connectivity index (χ2v) is 5.57. The maximum atomic E-state index is 11.9. The average molecular weight is 247 g/mol. The standard InChI is InChI=1S/C16H25NO/c1-12(2)16(13(3)4)17-15(18)11-10-14-8-6-5-7-9-14/h5-9,12-13,16H,10-11H2,1-4H3,(H,17,18). The number of amides is 1. The van der Waals surface area contributed by atoms with Crippen molar-refractivity contribution in [1.29, 1.82) is 0 Å². The van der Waals surface area contributed by atoms with Gasteiger partial charge in [0.15, 0.2) is 0 Å². The smallest absolute Gasteiger partial charge is 0.220 e. The third-order valence-corrected chi connectivity index (χ3v) is 3.25. The molecule has 1 aromatic rings. The zero-order valence-corrected chi connectivity index (χ0v) is 11.9. The Bertz CT molecular complexity index is 349. The summed E-state index contributed by atoms with van der Waals surface area (Å²) in [4.78, 5) is 11.9. The zero-order chi connectivity index (χ0) is 13.5. The summed E-state index contributed by atoms with van der Waals surface area (Å²) in [5.41, 5.74) is 1.22. The van der Waals surface area contributed by atoms with Gasteiger partial charge in [0, 0.05) is 12.5 Å². The molecule has 0 fully saturated rings. The van der Waals surface area contributed by atoms with Crippen LogP contribution >= 0.6 is 0 Å². The van der Waals surface area contributed by atoms with E-state index in [-0.39, 0.29) is 11.9 Å². The van der Waals surface area contributed by atoms with Crippen LogP contribution in [-0.4, -0.2) is 11.9 Å². The van der Waals surface area contributed by atoms with E-state index in [2.05, 4.69) is 45.1 Å². The van der Waals surface area contributed by atoms with Crippen molar-refractivity contribution in [3.8, 4) is 0 Å². The van der Waals surface area contributed by atoms with Gasteiger partial charge in [-0.15, -0.1) is 0 Å². The molecule has 0 atom stereocenters. The predicted molar refractivity (Wildman–Crippen MR) is 76.4 cm³/mol. The summed E-state index contributed by atoms with van der Waals surface area (Å²) >= 11 is 0. The summed E-state index contributed by atoms with van der Waals surface area (Å²) in [6.07, 6.45) is 1.38. The third-order valence-electron chi connectivity index (χ3n) is 3.25. The van der Waals surface area contributed by atoms with Gasteiger partial charge in [0.25, 0.3) is 0 Å². The minimum absolute atomic E-state index is 0.159. The molecule has 1 rings (SSSR count). The Morgan fingerprint density at radius 2 is 1.61 bits per heavy atom. The van der Waals surface area contributed by atoms with E-state index >= 15 is 0 Å². The number of carbonyl (C=O) groups excluding carboxylic acids is 1. The van der Waals surface area contributed by atoms with Crippen LogP contribution in [0.1, 0.15) is 39.7 Å². The summed E-state index contributed by atoms with van der Waals surface area (Å²) < 4.78 is 0. The Balaban J connectivity index is 2.41. The van der Waals surface area contributed by atoms with Crippen LogP contribution in [0.4, 0.5) is 0 Å². The van der Waals surface area contributed by atoms with Crippen molar-refractivity contribution in [2.75, 3.05) is 0 Å². The van der Waals surface area contributed by atoms with Gasteiger partial charge < -0.3 is 5.32 Å². The van der Waals surface area contributed by atoms with Gasteiger partial charge in [-0.25, -0.2) is 0 Å². The van der Waals surface area contributed by atoms with Gasteiger partial charge in [0.05, 0.1) is 0 Å². The quantitative estimate of drug-likeness (QED) is 0.820. The summed E-state index contributed by atoms with van der Waals surface area (Å²) in [6, 6.07) is 10.4. The lowest BCUT2D eigenvalue weighted by Crippen LogP contribution is -2.42. The number of hydrogen-bond donors (Lipinski definition) is 1. The van der Waals surface area contributed by atoms with Crippen LogP contribution in [0.25, 0.3) is 0 Å². The van der Waals surface area contributed by atoms with Crippen LogP contribution in [0.2, 0.25) is 0 Å². The minimum atomic E-state index is 0.159. The predicted octanol–water partition coefficient (Wildman–Crippen LogP) is 3.42. The molecule has 1 N–H and O–H groups in total. The number of aryl methyl sites for hydroxylation is 1. The number of carbonyl (C=O) groups is 1. The summed E-state index contributed by atoms with van der Waals surface area (Å²) in [5, 5.41) is 3.15. The van der Waals surface area contributed by atoms with E-state index in [9.17, 15) is 4.79 Å². The monoisotopic (exact) mass is 247 g/mol. The highest BCUT2D eigenvalue weighted by Gasteiger charge is 2.19. The van der Waals surface area contributed by atoms with Gasteiger partial charge in [-0.2, -0.15) is 0 Å². The second kappa shape index (κ2) is 7.20. The zero-order valence-electron chi connectivity index (χ0n) is 11.9. The van der Waals surface area contributed by atoms with E-state index in [4.69, 9.17) is 0 Å². The first-order chi connectivity index (χ1) is 8.50. The van der Waals surface area contributed by atoms with E-state index in [0.717, 1.165) is 6.42 Å². The van der Waals surface area contributed by atoms with Gasteiger partial charge in [-0.05, 0) is 23.8 Å². The molecule has 2 heteroatoms. The molecule has 0 spiro atoms. The molecule has 0 aromatic heterocycles. The fourth-order valence-corrected chi connectivity index (χ4v) is 2.26. The van der Waals surface area contributed by atoms with Crippen molar-refractivity contribution in [3.63, 3.8) is 0 Å². The van der Waals surface area contributed by atoms with E-state index in [1.165, 1.54) is 5.56 Å². The van der Waals surface area contributed by atoms with E-state index in [0.29, 0.717) is 18.3 Å². The molecule has 0 aliphatic heterocycles. The fraction of sp³-hybridized carbons (Fsp3) is 0.562. The highest BCUT2D eigenvalue weighted by molar-refractivity contribution is 5.76. The number of benzene rings is 1. The average Bonchev–Trinajstić information content (AvgIpc) is 2.34. The van der Waals surface area contributed by atoms with Crippen molar-refractivity contribution in [3.05, 3.63) is 35.9 Å². The van der Waals surface area contributed by atoms with Crippen molar-refractivity contribution < 1.29 is 4.79 Å². The molecule has 1 amide bonds. The lowest BCUT2D eigenvalue weighted by atomic mass is 9.93. The number of hydrogen-bond acceptors (Lipinski definition) is 1. The maximum Gasteiger partial charge on any atom is 0.220 e. The van der Waals surface area contributed by atoms with Crippen LogP contribution in [-0.2, 0) is 11.2 Å². The van der Waals surface area contributed by atoms with Crippen molar-refractivity contribution in [2.45, 2.75) is 46.6 Å². The molecular weight excluding hydrogens is 222 g/mol. The molecule has 18 heavy (non-hydrogen) atoms. The van der Waals surface area contributed by atoms with Gasteiger partial charge >= 0.3 is 0 Å². The van der Waals surface area contributed by atoms with E-state index in [1.807, 2.05) is 18.2 Å². The maximum absolute atomic E-state index is 11.9. The van der Waals surface area contributed by atoms with Crippen LogP contribution in [0.5, 0.6) is 0 Å². The molecule has 0 heterocycles. The Kier molecular flexibility index (Phi) is 5.90. The van der Waals surface area contributed by atoms with Crippen LogP contribution in [0.3, 0.4) is 0 Å². The van der Waals surface area contributed by atoms with Crippen LogP contribution in [0, 0.1) is 11.8 Å². The Morgan fingerprint density at radius 1 is 1.06 bits per heavy atom. The number of rotatable bonds is 6. The molecule has 2 nitrogen and oxygen atoms in total. The van der Waals surface area contributed by atoms with E-state index < -0.39 is 0 Å². The van der Waals surface area contributed by atoms with E-state index in [1.54, 1.807) is 0 Å². The highest BCUT2D eigenvalue weighted by atomic mass is 16.1. The van der Waals surface area contributed by atoms with Gasteiger partial charge in [0.1, 0.15) is 0 Å². The molecule has 0 unspecified atom stereocenters. The molecule has 0 aliphatic carbocycles. The van der Waals surface area contributed by atoms with Crippen molar-refractivity contribution >= 4 is 5.91 Å². The first-order valence-corrected chi connectivity index (χ1v) is 6.84. The van der Waals surface area contributed by atoms with Gasteiger partial charge in [-0.1, -0.05) is 58.0 Å². The third kappa shape index (κ3) is 4.91. The summed E-state index contributed by atoms with van der Waals surface area (Å²) in [6.45, 7) is 8.62. The lowest BCUT2D eigenvalue weighted by molar-refractivity contribution is -0.122. The van der Waals surface area contributed by atoms with Crippen LogP contribution < -0.4 is 5.32 Å². The normalized spacial score (nSPS) is 11.3. The van der Waals surface area contributed by atoms with Gasteiger partial charge in [-0.3, -0.25) is 4.79 Å². The van der Waals surface area contributed by atoms with Crippen molar-refractivity contribution in [2.24, 2.45) is 11.8 Å². The summed E-state index contributed by atoms with van der Waals surface area (Å²) in [5.74, 6) is 1.11. The minimum Gasteiger partial charge on any atom is -0.353 e. The molecule has 0 saturated carbocycles. The Hall–Kier alpha value is -1.31. The number of nitrogens with one attached hydrogen (secondary N) is 1. The molecule has 0 saturated heterocycles. The first kappa shape index (κ1) is 14.7. The van der Waals surface area contributed by atoms with Gasteiger partial charge in [0.2, 0.25) is 5.91 Å². The largest absolute Gasteiger partial charge is 0.353 e. The summed E-state index contributed by atoms with van der Waals surface area (Å²) in [7, 11) is 0. The Labute approximate surface area is 111 Å². The molecule has 0 radical (unpaired) electrons. The SMILES string of the molecule is CC(C)C(NC(=O)CCc1ccccc1)C(C)C. The molecule has 100 valence electrons. The molecular formula is C16H25NO. The Morgan fingerprint density at radius 3 is 2.11 bits per heavy atom. The van der Waals surface area contributed by atoms with Crippen LogP contribution in [0.15, 0.2) is 30.3 Å². The highest BCUT2D eigenvalue weighted by Crippen LogP contribution is 2.12. The lowest BCUT2D eigenvalue weighted by Gasteiger charge is -2.26.